The highest BCUT2D eigenvalue weighted by Crippen LogP contribution is 2.22. The summed E-state index contributed by atoms with van der Waals surface area (Å²) in [4.78, 5) is 18.2. The van der Waals surface area contributed by atoms with Gasteiger partial charge in [-0.1, -0.05) is 35.5 Å². The fourth-order valence-corrected chi connectivity index (χ4v) is 3.24. The van der Waals surface area contributed by atoms with Crippen molar-refractivity contribution in [1.82, 2.24) is 24.6 Å². The van der Waals surface area contributed by atoms with Crippen molar-refractivity contribution in [2.24, 2.45) is 0 Å². The van der Waals surface area contributed by atoms with Gasteiger partial charge in [-0.15, -0.1) is 10.2 Å². The maximum atomic E-state index is 12.3. The Morgan fingerprint density at radius 1 is 1.28 bits per heavy atom. The normalized spacial score (nSPS) is 10.6. The van der Waals surface area contributed by atoms with Crippen molar-refractivity contribution < 1.29 is 4.79 Å². The van der Waals surface area contributed by atoms with Crippen LogP contribution in [0, 0.1) is 0 Å². The first-order valence-electron chi connectivity index (χ1n) is 7.56. The highest BCUT2D eigenvalue weighted by molar-refractivity contribution is 7.99. The molecule has 3 aromatic rings. The van der Waals surface area contributed by atoms with E-state index in [1.54, 1.807) is 30.5 Å². The first kappa shape index (κ1) is 17.4. The lowest BCUT2D eigenvalue weighted by Gasteiger charge is -2.16. The van der Waals surface area contributed by atoms with Crippen LogP contribution in [0.3, 0.4) is 0 Å². The van der Waals surface area contributed by atoms with Crippen molar-refractivity contribution in [3.8, 4) is 5.69 Å². The molecule has 128 valence electrons. The molecular formula is C17H16ClN5OS. The molecule has 6 nitrogen and oxygen atoms in total. The van der Waals surface area contributed by atoms with Crippen LogP contribution in [0.5, 0.6) is 0 Å². The third-order valence-corrected chi connectivity index (χ3v) is 4.64. The van der Waals surface area contributed by atoms with Crippen LogP contribution in [-0.2, 0) is 11.3 Å². The molecule has 25 heavy (non-hydrogen) atoms. The fraction of sp³-hybridized carbons (Fsp3) is 0.176. The molecule has 0 saturated heterocycles. The maximum Gasteiger partial charge on any atom is 0.233 e. The Balaban J connectivity index is 1.62. The van der Waals surface area contributed by atoms with E-state index in [-0.39, 0.29) is 11.7 Å². The van der Waals surface area contributed by atoms with Crippen LogP contribution in [0.15, 0.2) is 60.1 Å². The monoisotopic (exact) mass is 373 g/mol. The summed E-state index contributed by atoms with van der Waals surface area (Å²) in [7, 11) is 1.76. The van der Waals surface area contributed by atoms with Gasteiger partial charge in [0.05, 0.1) is 23.7 Å². The van der Waals surface area contributed by atoms with Crippen molar-refractivity contribution in [3.05, 3.63) is 65.7 Å². The minimum absolute atomic E-state index is 0.00343. The van der Waals surface area contributed by atoms with Crippen molar-refractivity contribution in [2.45, 2.75) is 11.7 Å². The van der Waals surface area contributed by atoms with E-state index < -0.39 is 0 Å². The molecule has 0 aliphatic carbocycles. The number of benzene rings is 1. The lowest BCUT2D eigenvalue weighted by atomic mass is 10.3. The number of rotatable bonds is 6. The molecule has 1 amide bonds. The lowest BCUT2D eigenvalue weighted by molar-refractivity contribution is -0.127. The first-order chi connectivity index (χ1) is 12.1. The van der Waals surface area contributed by atoms with Gasteiger partial charge in [-0.05, 0) is 30.3 Å². The van der Waals surface area contributed by atoms with Crippen LogP contribution in [0.4, 0.5) is 0 Å². The Morgan fingerprint density at radius 2 is 2.16 bits per heavy atom. The Morgan fingerprint density at radius 3 is 2.92 bits per heavy atom. The van der Waals surface area contributed by atoms with E-state index in [1.165, 1.54) is 11.8 Å². The molecule has 0 atom stereocenters. The largest absolute Gasteiger partial charge is 0.339 e. The van der Waals surface area contributed by atoms with E-state index in [9.17, 15) is 4.79 Å². The lowest BCUT2D eigenvalue weighted by Crippen LogP contribution is -2.28. The highest BCUT2D eigenvalue weighted by Gasteiger charge is 2.14. The molecule has 2 aromatic heterocycles. The van der Waals surface area contributed by atoms with Gasteiger partial charge in [-0.2, -0.15) is 0 Å². The number of hydrogen-bond acceptors (Lipinski definition) is 5. The zero-order valence-corrected chi connectivity index (χ0v) is 15.1. The SMILES string of the molecule is CN(Cc1ccccn1)C(=O)CSc1nncn1-c1cccc(Cl)c1. The Hall–Kier alpha value is -2.38. The summed E-state index contributed by atoms with van der Waals surface area (Å²) in [6.07, 6.45) is 3.33. The highest BCUT2D eigenvalue weighted by atomic mass is 35.5. The molecule has 0 aliphatic heterocycles. The summed E-state index contributed by atoms with van der Waals surface area (Å²) in [5.74, 6) is 0.263. The molecule has 0 fully saturated rings. The smallest absolute Gasteiger partial charge is 0.233 e. The summed E-state index contributed by atoms with van der Waals surface area (Å²) >= 11 is 7.37. The van der Waals surface area contributed by atoms with Crippen molar-refractivity contribution >= 4 is 29.3 Å². The molecule has 1 aromatic carbocycles. The second kappa shape index (κ2) is 8.13. The van der Waals surface area contributed by atoms with Crippen LogP contribution >= 0.6 is 23.4 Å². The van der Waals surface area contributed by atoms with Gasteiger partial charge in [-0.3, -0.25) is 14.3 Å². The van der Waals surface area contributed by atoms with Crippen LogP contribution in [0.25, 0.3) is 5.69 Å². The maximum absolute atomic E-state index is 12.3. The molecule has 3 rings (SSSR count). The molecule has 2 heterocycles. The van der Waals surface area contributed by atoms with E-state index in [4.69, 9.17) is 11.6 Å². The number of aromatic nitrogens is 4. The Labute approximate surface area is 154 Å². The standard InChI is InChI=1S/C17H16ClN5OS/c1-22(10-14-6-2-3-8-19-14)16(24)11-25-17-21-20-12-23(17)15-7-4-5-13(18)9-15/h2-9,12H,10-11H2,1H3. The molecular weight excluding hydrogens is 358 g/mol. The van der Waals surface area contributed by atoms with E-state index in [1.807, 2.05) is 41.0 Å². The van der Waals surface area contributed by atoms with Crippen LogP contribution in [-0.4, -0.2) is 43.4 Å². The average molecular weight is 374 g/mol. The fourth-order valence-electron chi connectivity index (χ4n) is 2.19. The molecule has 0 unspecified atom stereocenters. The third-order valence-electron chi connectivity index (χ3n) is 3.48. The van der Waals surface area contributed by atoms with E-state index >= 15 is 0 Å². The van der Waals surface area contributed by atoms with Crippen LogP contribution in [0.2, 0.25) is 5.02 Å². The second-order valence-corrected chi connectivity index (χ2v) is 6.70. The molecule has 0 bridgehead atoms. The molecule has 0 spiro atoms. The van der Waals surface area contributed by atoms with E-state index in [2.05, 4.69) is 15.2 Å². The van der Waals surface area contributed by atoms with Gasteiger partial charge in [0, 0.05) is 18.3 Å². The summed E-state index contributed by atoms with van der Waals surface area (Å²) in [5, 5.41) is 9.29. The number of pyridine rings is 1. The second-order valence-electron chi connectivity index (χ2n) is 5.32. The molecule has 8 heteroatoms. The van der Waals surface area contributed by atoms with Gasteiger partial charge in [0.1, 0.15) is 6.33 Å². The van der Waals surface area contributed by atoms with E-state index in [0.29, 0.717) is 16.7 Å². The quantitative estimate of drug-likeness (QED) is 0.621. The molecule has 0 saturated carbocycles. The minimum Gasteiger partial charge on any atom is -0.339 e. The van der Waals surface area contributed by atoms with Gasteiger partial charge >= 0.3 is 0 Å². The third kappa shape index (κ3) is 4.58. The summed E-state index contributed by atoms with van der Waals surface area (Å²) < 4.78 is 1.81. The molecule has 0 aliphatic rings. The average Bonchev–Trinajstić information content (AvgIpc) is 3.09. The minimum atomic E-state index is -0.00343. The van der Waals surface area contributed by atoms with Gasteiger partial charge in [0.15, 0.2) is 5.16 Å². The number of carbonyl (C=O) groups excluding carboxylic acids is 1. The van der Waals surface area contributed by atoms with Crippen molar-refractivity contribution in [2.75, 3.05) is 12.8 Å². The topological polar surface area (TPSA) is 63.9 Å². The van der Waals surface area contributed by atoms with Crippen molar-refractivity contribution in [1.29, 1.82) is 0 Å². The zero-order chi connectivity index (χ0) is 17.6. The van der Waals surface area contributed by atoms with Crippen LogP contribution in [0.1, 0.15) is 5.69 Å². The summed E-state index contributed by atoms with van der Waals surface area (Å²) in [6.45, 7) is 0.473. The number of thioether (sulfide) groups is 1. The number of hydrogen-bond donors (Lipinski definition) is 0. The Kier molecular flexibility index (Phi) is 5.67. The van der Waals surface area contributed by atoms with Crippen molar-refractivity contribution in [3.63, 3.8) is 0 Å². The predicted octanol–water partition coefficient (Wildman–Crippen LogP) is 3.07. The van der Waals surface area contributed by atoms with Gasteiger partial charge in [0.2, 0.25) is 5.91 Å². The predicted molar refractivity (Wildman–Crippen MR) is 97.8 cm³/mol. The van der Waals surface area contributed by atoms with Gasteiger partial charge in [-0.25, -0.2) is 0 Å². The molecule has 0 N–H and O–H groups in total. The first-order valence-corrected chi connectivity index (χ1v) is 8.92. The summed E-state index contributed by atoms with van der Waals surface area (Å²) in [5.41, 5.74) is 1.71. The molecule has 0 radical (unpaired) electrons. The number of carbonyl (C=O) groups is 1. The number of amides is 1. The Bertz CT molecular complexity index is 855. The van der Waals surface area contributed by atoms with Gasteiger partial charge in [0.25, 0.3) is 0 Å². The zero-order valence-electron chi connectivity index (χ0n) is 13.5. The number of halogens is 1. The van der Waals surface area contributed by atoms with Crippen LogP contribution < -0.4 is 0 Å². The summed E-state index contributed by atoms with van der Waals surface area (Å²) in [6, 6.07) is 13.0. The van der Waals surface area contributed by atoms with E-state index in [0.717, 1.165) is 11.4 Å². The number of nitrogens with zero attached hydrogens (tertiary/aromatic N) is 5. The van der Waals surface area contributed by atoms with Gasteiger partial charge < -0.3 is 4.90 Å².